The van der Waals surface area contributed by atoms with Crippen LogP contribution >= 0.6 is 15.9 Å². The number of nitrogens with zero attached hydrogens (tertiary/aromatic N) is 2. The average Bonchev–Trinajstić information content (AvgIpc) is 3.08. The normalized spacial score (nSPS) is 16.8. The second kappa shape index (κ2) is 4.91. The van der Waals surface area contributed by atoms with Gasteiger partial charge in [-0.1, -0.05) is 15.9 Å². The van der Waals surface area contributed by atoms with E-state index in [1.54, 1.807) is 0 Å². The van der Waals surface area contributed by atoms with Gasteiger partial charge in [-0.3, -0.25) is 4.79 Å². The molecular formula is C11H14BrN3O. The molecule has 1 fully saturated rings. The molecule has 1 amide bonds. The quantitative estimate of drug-likeness (QED) is 0.838. The average molecular weight is 284 g/mol. The van der Waals surface area contributed by atoms with Gasteiger partial charge in [0.05, 0.1) is 5.56 Å². The van der Waals surface area contributed by atoms with Gasteiger partial charge in [0.15, 0.2) is 0 Å². The maximum atomic E-state index is 11.7. The van der Waals surface area contributed by atoms with Crippen LogP contribution in [0.3, 0.4) is 0 Å². The molecule has 16 heavy (non-hydrogen) atoms. The zero-order valence-electron chi connectivity index (χ0n) is 8.95. The zero-order chi connectivity index (χ0) is 11.4. The molecule has 0 unspecified atom stereocenters. The molecule has 1 aromatic rings. The summed E-state index contributed by atoms with van der Waals surface area (Å²) in [4.78, 5) is 19.4. The number of amides is 1. The van der Waals surface area contributed by atoms with E-state index < -0.39 is 0 Å². The van der Waals surface area contributed by atoms with Crippen LogP contribution in [0.15, 0.2) is 18.7 Å². The van der Waals surface area contributed by atoms with Crippen molar-refractivity contribution in [1.82, 2.24) is 15.3 Å². The monoisotopic (exact) mass is 283 g/mol. The summed E-state index contributed by atoms with van der Waals surface area (Å²) in [5, 5.41) is 3.94. The molecule has 0 radical (unpaired) electrons. The van der Waals surface area contributed by atoms with E-state index in [2.05, 4.69) is 31.2 Å². The maximum absolute atomic E-state index is 11.7. The number of halogens is 1. The van der Waals surface area contributed by atoms with E-state index in [-0.39, 0.29) is 5.91 Å². The Kier molecular flexibility index (Phi) is 3.53. The van der Waals surface area contributed by atoms with Crippen LogP contribution in [-0.2, 0) is 0 Å². The predicted molar refractivity (Wildman–Crippen MR) is 64.4 cm³/mol. The van der Waals surface area contributed by atoms with Gasteiger partial charge in [-0.2, -0.15) is 0 Å². The number of alkyl halides is 1. The summed E-state index contributed by atoms with van der Waals surface area (Å²) < 4.78 is 0. The van der Waals surface area contributed by atoms with Crippen LogP contribution in [0.1, 0.15) is 29.6 Å². The van der Waals surface area contributed by atoms with Crippen molar-refractivity contribution in [2.45, 2.75) is 19.3 Å². The number of hydrogen-bond donors (Lipinski definition) is 1. The molecule has 1 saturated carbocycles. The summed E-state index contributed by atoms with van der Waals surface area (Å²) in [7, 11) is 0. The van der Waals surface area contributed by atoms with Gasteiger partial charge in [0.2, 0.25) is 0 Å². The first-order chi connectivity index (χ1) is 7.76. The molecule has 86 valence electrons. The van der Waals surface area contributed by atoms with Crippen molar-refractivity contribution in [2.24, 2.45) is 5.41 Å². The second-order valence-electron chi connectivity index (χ2n) is 4.25. The van der Waals surface area contributed by atoms with Crippen LogP contribution in [0.4, 0.5) is 0 Å². The van der Waals surface area contributed by atoms with Crippen LogP contribution < -0.4 is 5.32 Å². The fourth-order valence-corrected chi connectivity index (χ4v) is 2.52. The van der Waals surface area contributed by atoms with E-state index in [9.17, 15) is 4.79 Å². The minimum absolute atomic E-state index is 0.0820. The Balaban J connectivity index is 1.85. The van der Waals surface area contributed by atoms with E-state index >= 15 is 0 Å². The third-order valence-electron chi connectivity index (χ3n) is 3.03. The lowest BCUT2D eigenvalue weighted by molar-refractivity contribution is 0.0943. The molecule has 0 bridgehead atoms. The molecular weight excluding hydrogens is 270 g/mol. The lowest BCUT2D eigenvalue weighted by Gasteiger charge is -2.14. The van der Waals surface area contributed by atoms with E-state index in [1.165, 1.54) is 31.6 Å². The molecule has 0 spiro atoms. The molecule has 4 nitrogen and oxygen atoms in total. The Morgan fingerprint density at radius 2 is 2.12 bits per heavy atom. The van der Waals surface area contributed by atoms with Crippen molar-refractivity contribution < 1.29 is 4.79 Å². The van der Waals surface area contributed by atoms with Gasteiger partial charge in [-0.15, -0.1) is 0 Å². The summed E-state index contributed by atoms with van der Waals surface area (Å²) in [6, 6.07) is 0. The van der Waals surface area contributed by atoms with Crippen molar-refractivity contribution >= 4 is 21.8 Å². The SMILES string of the molecule is O=C(NCC1(CCBr)CC1)c1cncnc1. The second-order valence-corrected chi connectivity index (χ2v) is 5.04. The molecule has 1 aromatic heterocycles. The van der Waals surface area contributed by atoms with Gasteiger partial charge < -0.3 is 5.32 Å². The molecule has 1 heterocycles. The Morgan fingerprint density at radius 1 is 1.44 bits per heavy atom. The molecule has 1 aliphatic carbocycles. The summed E-state index contributed by atoms with van der Waals surface area (Å²) in [5.41, 5.74) is 0.867. The highest BCUT2D eigenvalue weighted by molar-refractivity contribution is 9.09. The first-order valence-electron chi connectivity index (χ1n) is 5.35. The topological polar surface area (TPSA) is 54.9 Å². The van der Waals surface area contributed by atoms with Crippen LogP contribution in [0.2, 0.25) is 0 Å². The lowest BCUT2D eigenvalue weighted by atomic mass is 10.0. The molecule has 5 heteroatoms. The van der Waals surface area contributed by atoms with E-state index in [4.69, 9.17) is 0 Å². The molecule has 0 aliphatic heterocycles. The Bertz CT molecular complexity index is 365. The fourth-order valence-electron chi connectivity index (χ4n) is 1.68. The molecule has 1 aliphatic rings. The van der Waals surface area contributed by atoms with Crippen molar-refractivity contribution in [3.63, 3.8) is 0 Å². The summed E-state index contributed by atoms with van der Waals surface area (Å²) >= 11 is 3.44. The Hall–Kier alpha value is -0.970. The van der Waals surface area contributed by atoms with E-state index in [0.717, 1.165) is 18.3 Å². The van der Waals surface area contributed by atoms with Gasteiger partial charge in [0.25, 0.3) is 5.91 Å². The standard InChI is InChI=1S/C11H14BrN3O/c12-4-3-11(1-2-11)7-15-10(16)9-5-13-8-14-6-9/h5-6,8H,1-4,7H2,(H,15,16). The van der Waals surface area contributed by atoms with Gasteiger partial charge in [-0.25, -0.2) is 9.97 Å². The largest absolute Gasteiger partial charge is 0.351 e. The van der Waals surface area contributed by atoms with Gasteiger partial charge in [-0.05, 0) is 24.7 Å². The smallest absolute Gasteiger partial charge is 0.254 e. The van der Waals surface area contributed by atoms with Crippen LogP contribution in [0.5, 0.6) is 0 Å². The third kappa shape index (κ3) is 2.78. The Labute approximate surface area is 103 Å². The number of rotatable bonds is 5. The number of nitrogens with one attached hydrogen (secondary N) is 1. The van der Waals surface area contributed by atoms with Gasteiger partial charge >= 0.3 is 0 Å². The highest BCUT2D eigenvalue weighted by Crippen LogP contribution is 2.48. The molecule has 1 N–H and O–H groups in total. The first-order valence-corrected chi connectivity index (χ1v) is 6.47. The highest BCUT2D eigenvalue weighted by Gasteiger charge is 2.41. The summed E-state index contributed by atoms with van der Waals surface area (Å²) in [6.07, 6.45) is 8.04. The van der Waals surface area contributed by atoms with Crippen molar-refractivity contribution in [2.75, 3.05) is 11.9 Å². The number of hydrogen-bond acceptors (Lipinski definition) is 3. The molecule has 0 saturated heterocycles. The molecule has 0 aromatic carbocycles. The summed E-state index contributed by atoms with van der Waals surface area (Å²) in [6.45, 7) is 0.756. The predicted octanol–water partition coefficient (Wildman–Crippen LogP) is 1.77. The highest BCUT2D eigenvalue weighted by atomic mass is 79.9. The minimum atomic E-state index is -0.0820. The van der Waals surface area contributed by atoms with E-state index in [1.807, 2.05) is 0 Å². The Morgan fingerprint density at radius 3 is 2.69 bits per heavy atom. The van der Waals surface area contributed by atoms with E-state index in [0.29, 0.717) is 11.0 Å². The maximum Gasteiger partial charge on any atom is 0.254 e. The van der Waals surface area contributed by atoms with Gasteiger partial charge in [0.1, 0.15) is 6.33 Å². The summed E-state index contributed by atoms with van der Waals surface area (Å²) in [5.74, 6) is -0.0820. The number of carbonyl (C=O) groups excluding carboxylic acids is 1. The van der Waals surface area contributed by atoms with Crippen LogP contribution in [-0.4, -0.2) is 27.7 Å². The zero-order valence-corrected chi connectivity index (χ0v) is 10.5. The molecule has 0 atom stereocenters. The van der Waals surface area contributed by atoms with Crippen molar-refractivity contribution in [3.8, 4) is 0 Å². The van der Waals surface area contributed by atoms with Crippen LogP contribution in [0.25, 0.3) is 0 Å². The van der Waals surface area contributed by atoms with Crippen LogP contribution in [0, 0.1) is 5.41 Å². The van der Waals surface area contributed by atoms with Gasteiger partial charge in [0, 0.05) is 24.3 Å². The third-order valence-corrected chi connectivity index (χ3v) is 3.43. The number of aromatic nitrogens is 2. The molecule has 2 rings (SSSR count). The minimum Gasteiger partial charge on any atom is -0.351 e. The lowest BCUT2D eigenvalue weighted by Crippen LogP contribution is -2.30. The number of carbonyl (C=O) groups is 1. The first kappa shape index (κ1) is 11.5. The van der Waals surface area contributed by atoms with Crippen molar-refractivity contribution in [1.29, 1.82) is 0 Å². The van der Waals surface area contributed by atoms with Crippen molar-refractivity contribution in [3.05, 3.63) is 24.3 Å². The fraction of sp³-hybridized carbons (Fsp3) is 0.545.